The zero-order valence-electron chi connectivity index (χ0n) is 13.4. The molecule has 1 aliphatic carbocycles. The van der Waals surface area contributed by atoms with Crippen LogP contribution in [0.2, 0.25) is 0 Å². The Morgan fingerprint density at radius 3 is 2.40 bits per heavy atom. The van der Waals surface area contributed by atoms with Crippen molar-refractivity contribution in [2.24, 2.45) is 0 Å². The van der Waals surface area contributed by atoms with Crippen molar-refractivity contribution in [3.05, 3.63) is 0 Å². The molecule has 1 unspecified atom stereocenters. The van der Waals surface area contributed by atoms with Crippen molar-refractivity contribution >= 4 is 11.9 Å². The van der Waals surface area contributed by atoms with E-state index < -0.39 is 0 Å². The molecule has 1 fully saturated rings. The fourth-order valence-electron chi connectivity index (χ4n) is 2.02. The van der Waals surface area contributed by atoms with Gasteiger partial charge in [-0.2, -0.15) is 0 Å². The first-order chi connectivity index (χ1) is 9.30. The minimum Gasteiger partial charge on any atom is -0.465 e. The molecule has 1 amide bonds. The number of hydrogen-bond donors (Lipinski definition) is 1. The third-order valence-corrected chi connectivity index (χ3v) is 3.86. The number of ether oxygens (including phenoxy) is 1. The highest BCUT2D eigenvalue weighted by molar-refractivity contribution is 5.83. The largest absolute Gasteiger partial charge is 0.465 e. The highest BCUT2D eigenvalue weighted by Gasteiger charge is 2.37. The number of amides is 1. The normalized spacial score (nSPS) is 16.9. The fourth-order valence-corrected chi connectivity index (χ4v) is 2.02. The molecule has 0 spiro atoms. The predicted octanol–water partition coefficient (Wildman–Crippen LogP) is 1.71. The van der Waals surface area contributed by atoms with E-state index in [-0.39, 0.29) is 30.0 Å². The van der Waals surface area contributed by atoms with Gasteiger partial charge in [0.05, 0.1) is 19.2 Å². The van der Waals surface area contributed by atoms with Gasteiger partial charge in [0.15, 0.2) is 0 Å². The van der Waals surface area contributed by atoms with Crippen LogP contribution in [-0.4, -0.2) is 47.6 Å². The first-order valence-electron chi connectivity index (χ1n) is 7.54. The van der Waals surface area contributed by atoms with E-state index in [1.165, 1.54) is 0 Å². The summed E-state index contributed by atoms with van der Waals surface area (Å²) in [4.78, 5) is 25.9. The maximum Gasteiger partial charge on any atom is 0.320 e. The van der Waals surface area contributed by atoms with Crippen molar-refractivity contribution in [2.75, 3.05) is 13.2 Å². The van der Waals surface area contributed by atoms with Gasteiger partial charge < -0.3 is 10.1 Å². The molecule has 5 nitrogen and oxygen atoms in total. The Kier molecular flexibility index (Phi) is 5.99. The van der Waals surface area contributed by atoms with Crippen molar-refractivity contribution in [1.82, 2.24) is 10.2 Å². The van der Waals surface area contributed by atoms with E-state index in [9.17, 15) is 9.59 Å². The minimum atomic E-state index is -0.308. The summed E-state index contributed by atoms with van der Waals surface area (Å²) in [5.41, 5.74) is -0.218. The molecular weight excluding hydrogens is 256 g/mol. The summed E-state index contributed by atoms with van der Waals surface area (Å²) in [5, 5.41) is 3.04. The van der Waals surface area contributed by atoms with Crippen LogP contribution in [0.4, 0.5) is 0 Å². The second-order valence-corrected chi connectivity index (χ2v) is 6.11. The maximum atomic E-state index is 12.3. The summed E-state index contributed by atoms with van der Waals surface area (Å²) in [6.07, 6.45) is 2.97. The van der Waals surface area contributed by atoms with Gasteiger partial charge in [0.1, 0.15) is 0 Å². The first kappa shape index (κ1) is 17.0. The molecule has 1 N–H and O–H groups in total. The van der Waals surface area contributed by atoms with Gasteiger partial charge in [0, 0.05) is 11.6 Å². The molecule has 116 valence electrons. The van der Waals surface area contributed by atoms with E-state index in [2.05, 4.69) is 5.32 Å². The van der Waals surface area contributed by atoms with E-state index in [1.807, 2.05) is 32.6 Å². The third kappa shape index (κ3) is 5.12. The van der Waals surface area contributed by atoms with Gasteiger partial charge >= 0.3 is 5.97 Å². The molecule has 1 saturated carbocycles. The Bertz CT molecular complexity index is 351. The second kappa shape index (κ2) is 7.07. The smallest absolute Gasteiger partial charge is 0.320 e. The molecule has 0 aromatic heterocycles. The molecule has 0 aromatic carbocycles. The van der Waals surface area contributed by atoms with Gasteiger partial charge in [-0.1, -0.05) is 6.92 Å². The molecule has 1 rings (SSSR count). The topological polar surface area (TPSA) is 58.6 Å². The second-order valence-electron chi connectivity index (χ2n) is 6.11. The Labute approximate surface area is 122 Å². The van der Waals surface area contributed by atoms with Gasteiger partial charge in [-0.15, -0.1) is 0 Å². The van der Waals surface area contributed by atoms with Crippen LogP contribution in [0.15, 0.2) is 0 Å². The molecule has 0 bridgehead atoms. The van der Waals surface area contributed by atoms with Crippen LogP contribution >= 0.6 is 0 Å². The van der Waals surface area contributed by atoms with Crippen LogP contribution in [0, 0.1) is 0 Å². The molecule has 1 aliphatic rings. The van der Waals surface area contributed by atoms with E-state index in [0.29, 0.717) is 12.6 Å². The van der Waals surface area contributed by atoms with Crippen LogP contribution in [-0.2, 0) is 14.3 Å². The molecule has 0 aliphatic heterocycles. The van der Waals surface area contributed by atoms with E-state index in [0.717, 1.165) is 19.3 Å². The number of carbonyl (C=O) groups is 2. The lowest BCUT2D eigenvalue weighted by Gasteiger charge is -2.31. The summed E-state index contributed by atoms with van der Waals surface area (Å²) in [6.45, 7) is 10.3. The average Bonchev–Trinajstić information content (AvgIpc) is 3.19. The molecule has 0 radical (unpaired) electrons. The highest BCUT2D eigenvalue weighted by atomic mass is 16.5. The number of rotatable bonds is 8. The Hall–Kier alpha value is -1.10. The zero-order chi connectivity index (χ0) is 15.3. The van der Waals surface area contributed by atoms with Crippen molar-refractivity contribution in [3.63, 3.8) is 0 Å². The molecule has 0 aromatic rings. The molecule has 0 saturated heterocycles. The van der Waals surface area contributed by atoms with Crippen molar-refractivity contribution in [2.45, 2.75) is 71.5 Å². The van der Waals surface area contributed by atoms with Gasteiger partial charge in [0.25, 0.3) is 0 Å². The first-order valence-corrected chi connectivity index (χ1v) is 7.54. The van der Waals surface area contributed by atoms with E-state index >= 15 is 0 Å². The van der Waals surface area contributed by atoms with Crippen LogP contribution in [0.3, 0.4) is 0 Å². The number of nitrogens with zero attached hydrogens (tertiary/aromatic N) is 1. The van der Waals surface area contributed by atoms with Gasteiger partial charge in [-0.3, -0.25) is 14.5 Å². The number of esters is 1. The summed E-state index contributed by atoms with van der Waals surface area (Å²) in [6, 6.07) is 0.0302. The third-order valence-electron chi connectivity index (χ3n) is 3.86. The summed E-state index contributed by atoms with van der Waals surface area (Å²) >= 11 is 0. The predicted molar refractivity (Wildman–Crippen MR) is 78.3 cm³/mol. The zero-order valence-corrected chi connectivity index (χ0v) is 13.4. The Morgan fingerprint density at radius 1 is 1.35 bits per heavy atom. The van der Waals surface area contributed by atoms with E-state index in [1.54, 1.807) is 6.92 Å². The van der Waals surface area contributed by atoms with Gasteiger partial charge in [-0.05, 0) is 47.0 Å². The fraction of sp³-hybridized carbons (Fsp3) is 0.867. The maximum absolute atomic E-state index is 12.3. The van der Waals surface area contributed by atoms with Crippen molar-refractivity contribution < 1.29 is 14.3 Å². The quantitative estimate of drug-likeness (QED) is 0.689. The number of carbonyl (C=O) groups excluding carboxylic acids is 2. The standard InChI is InChI=1S/C15H28N2O3/c1-6-15(4,5)16-14(19)11(3)17(12-8-9-12)10-13(18)20-7-2/h11-12H,6-10H2,1-5H3,(H,16,19). The SMILES string of the molecule is CCOC(=O)CN(C1CC1)C(C)C(=O)NC(C)(C)CC. The number of hydrogen-bond acceptors (Lipinski definition) is 4. The lowest BCUT2D eigenvalue weighted by Crippen LogP contribution is -2.53. The van der Waals surface area contributed by atoms with Crippen molar-refractivity contribution in [3.8, 4) is 0 Å². The monoisotopic (exact) mass is 284 g/mol. The molecule has 5 heteroatoms. The molecule has 1 atom stereocenters. The molecular formula is C15H28N2O3. The van der Waals surface area contributed by atoms with Crippen LogP contribution in [0.5, 0.6) is 0 Å². The average molecular weight is 284 g/mol. The van der Waals surface area contributed by atoms with E-state index in [4.69, 9.17) is 4.74 Å². The lowest BCUT2D eigenvalue weighted by molar-refractivity contribution is -0.146. The van der Waals surface area contributed by atoms with Gasteiger partial charge in [-0.25, -0.2) is 0 Å². The molecule has 0 heterocycles. The summed E-state index contributed by atoms with van der Waals surface area (Å²) < 4.78 is 4.99. The van der Waals surface area contributed by atoms with Gasteiger partial charge in [0.2, 0.25) is 5.91 Å². The lowest BCUT2D eigenvalue weighted by atomic mass is 10.0. The van der Waals surface area contributed by atoms with Crippen molar-refractivity contribution in [1.29, 1.82) is 0 Å². The Morgan fingerprint density at radius 2 is 1.95 bits per heavy atom. The van der Waals surface area contributed by atoms with Crippen LogP contribution < -0.4 is 5.32 Å². The van der Waals surface area contributed by atoms with Crippen LogP contribution in [0.25, 0.3) is 0 Å². The number of nitrogens with one attached hydrogen (secondary N) is 1. The summed E-state index contributed by atoms with van der Waals surface area (Å²) in [5.74, 6) is -0.276. The minimum absolute atomic E-state index is 0.0203. The van der Waals surface area contributed by atoms with Crippen LogP contribution in [0.1, 0.15) is 53.9 Å². The summed E-state index contributed by atoms with van der Waals surface area (Å²) in [7, 11) is 0. The highest BCUT2D eigenvalue weighted by Crippen LogP contribution is 2.28. The molecule has 20 heavy (non-hydrogen) atoms. The Balaban J connectivity index is 2.62.